The molecule has 0 spiro atoms. The van der Waals surface area contributed by atoms with Gasteiger partial charge in [-0.1, -0.05) is 69.4 Å². The van der Waals surface area contributed by atoms with Crippen LogP contribution in [0.4, 0.5) is 0 Å². The Morgan fingerprint density at radius 3 is 2.26 bits per heavy atom. The minimum absolute atomic E-state index is 0.151. The molecule has 0 aromatic rings. The second-order valence-electron chi connectivity index (χ2n) is 9.36. The highest BCUT2D eigenvalue weighted by Gasteiger charge is 2.30. The number of hydrogen-bond acceptors (Lipinski definition) is 6. The molecule has 0 bridgehead atoms. The van der Waals surface area contributed by atoms with Crippen LogP contribution in [0.5, 0.6) is 0 Å². The second kappa shape index (κ2) is 18.9. The molecule has 0 amide bonds. The van der Waals surface area contributed by atoms with E-state index in [0.29, 0.717) is 19.3 Å². The van der Waals surface area contributed by atoms with Crippen molar-refractivity contribution >= 4 is 17.9 Å². The standard InChI is InChI=1S/C29H46O6/c1-5-6-7-8-9-10-18-26(34-23(2)30)19-13-11-16-25-17-12-14-20-27(25)28(35-24(3)31)21-15-22-29(32)33-4/h11-14,16,19,25-28H,5-10,15,17-18,20-22H2,1-4H3/b16-11+,19-13+. The van der Waals surface area contributed by atoms with Crippen LogP contribution < -0.4 is 0 Å². The number of esters is 3. The highest BCUT2D eigenvalue weighted by molar-refractivity contribution is 5.69. The lowest BCUT2D eigenvalue weighted by Crippen LogP contribution is -2.32. The van der Waals surface area contributed by atoms with Crippen LogP contribution in [0.25, 0.3) is 0 Å². The van der Waals surface area contributed by atoms with Gasteiger partial charge in [-0.15, -0.1) is 0 Å². The van der Waals surface area contributed by atoms with Crippen molar-refractivity contribution in [1.29, 1.82) is 0 Å². The summed E-state index contributed by atoms with van der Waals surface area (Å²) in [7, 11) is 1.38. The summed E-state index contributed by atoms with van der Waals surface area (Å²) in [6.45, 7) is 5.09. The topological polar surface area (TPSA) is 78.9 Å². The van der Waals surface area contributed by atoms with Crippen molar-refractivity contribution in [2.24, 2.45) is 11.8 Å². The number of carbonyl (C=O) groups is 3. The van der Waals surface area contributed by atoms with Gasteiger partial charge in [0.25, 0.3) is 0 Å². The Bertz CT molecular complexity index is 708. The van der Waals surface area contributed by atoms with Gasteiger partial charge in [-0.3, -0.25) is 14.4 Å². The van der Waals surface area contributed by atoms with Crippen LogP contribution in [-0.2, 0) is 28.6 Å². The lowest BCUT2D eigenvalue weighted by Gasteiger charge is -2.33. The third-order valence-corrected chi connectivity index (χ3v) is 6.38. The van der Waals surface area contributed by atoms with Gasteiger partial charge in [-0.25, -0.2) is 0 Å². The van der Waals surface area contributed by atoms with Crippen molar-refractivity contribution in [3.8, 4) is 0 Å². The van der Waals surface area contributed by atoms with Crippen LogP contribution in [0.3, 0.4) is 0 Å². The molecule has 0 saturated heterocycles. The summed E-state index contributed by atoms with van der Waals surface area (Å²) in [4.78, 5) is 34.7. The number of rotatable bonds is 17. The molecule has 6 heteroatoms. The molecule has 4 unspecified atom stereocenters. The minimum Gasteiger partial charge on any atom is -0.469 e. The molecule has 198 valence electrons. The molecular formula is C29H46O6. The first-order chi connectivity index (χ1) is 16.9. The van der Waals surface area contributed by atoms with Crippen LogP contribution in [0, 0.1) is 11.8 Å². The van der Waals surface area contributed by atoms with Crippen molar-refractivity contribution < 1.29 is 28.6 Å². The van der Waals surface area contributed by atoms with E-state index in [1.54, 1.807) is 0 Å². The number of allylic oxidation sites excluding steroid dienone is 5. The average Bonchev–Trinajstić information content (AvgIpc) is 2.82. The normalized spacial score (nSPS) is 19.5. The highest BCUT2D eigenvalue weighted by atomic mass is 16.5. The zero-order valence-electron chi connectivity index (χ0n) is 22.2. The molecule has 35 heavy (non-hydrogen) atoms. The summed E-state index contributed by atoms with van der Waals surface area (Å²) in [5, 5.41) is 0. The minimum atomic E-state index is -0.302. The zero-order chi connectivity index (χ0) is 25.9. The third-order valence-electron chi connectivity index (χ3n) is 6.38. The maximum Gasteiger partial charge on any atom is 0.305 e. The first kappa shape index (κ1) is 30.7. The van der Waals surface area contributed by atoms with E-state index in [-0.39, 0.29) is 42.0 Å². The first-order valence-corrected chi connectivity index (χ1v) is 13.3. The Labute approximate surface area is 212 Å². The number of unbranched alkanes of at least 4 members (excludes halogenated alkanes) is 5. The van der Waals surface area contributed by atoms with Gasteiger partial charge in [0.2, 0.25) is 0 Å². The lowest BCUT2D eigenvalue weighted by atomic mass is 9.78. The number of carbonyl (C=O) groups excluding carboxylic acids is 3. The van der Waals surface area contributed by atoms with E-state index in [9.17, 15) is 14.4 Å². The molecule has 0 saturated carbocycles. The summed E-state index contributed by atoms with van der Waals surface area (Å²) < 4.78 is 15.9. The van der Waals surface area contributed by atoms with Gasteiger partial charge < -0.3 is 14.2 Å². The molecule has 0 fully saturated rings. The Balaban J connectivity index is 2.71. The molecule has 0 radical (unpaired) electrons. The van der Waals surface area contributed by atoms with E-state index in [1.165, 1.54) is 46.6 Å². The molecular weight excluding hydrogens is 444 g/mol. The summed E-state index contributed by atoms with van der Waals surface area (Å²) >= 11 is 0. The smallest absolute Gasteiger partial charge is 0.305 e. The SMILES string of the molecule is CCCCCCCCC(/C=C/C=C/C1CC=CCC1C(CCCC(=O)OC)OC(C)=O)OC(C)=O. The van der Waals surface area contributed by atoms with E-state index in [4.69, 9.17) is 14.2 Å². The Hall–Kier alpha value is -2.37. The summed E-state index contributed by atoms with van der Waals surface area (Å²) in [5.41, 5.74) is 0. The number of hydrogen-bond donors (Lipinski definition) is 0. The molecule has 0 aromatic heterocycles. The maximum absolute atomic E-state index is 11.7. The van der Waals surface area contributed by atoms with Crippen LogP contribution >= 0.6 is 0 Å². The van der Waals surface area contributed by atoms with Crippen LogP contribution in [0.15, 0.2) is 36.5 Å². The van der Waals surface area contributed by atoms with Gasteiger partial charge >= 0.3 is 17.9 Å². The van der Waals surface area contributed by atoms with Crippen molar-refractivity contribution in [2.75, 3.05) is 7.11 Å². The monoisotopic (exact) mass is 490 g/mol. The predicted molar refractivity (Wildman–Crippen MR) is 139 cm³/mol. The molecule has 1 aliphatic rings. The van der Waals surface area contributed by atoms with Crippen molar-refractivity contribution in [3.05, 3.63) is 36.5 Å². The van der Waals surface area contributed by atoms with Gasteiger partial charge in [0.15, 0.2) is 0 Å². The summed E-state index contributed by atoms with van der Waals surface area (Å²) in [6.07, 6.45) is 23.2. The van der Waals surface area contributed by atoms with E-state index >= 15 is 0 Å². The fourth-order valence-corrected chi connectivity index (χ4v) is 4.56. The maximum atomic E-state index is 11.7. The van der Waals surface area contributed by atoms with Crippen LogP contribution in [0.1, 0.15) is 97.8 Å². The lowest BCUT2D eigenvalue weighted by molar-refractivity contribution is -0.150. The van der Waals surface area contributed by atoms with E-state index in [1.807, 2.05) is 18.2 Å². The van der Waals surface area contributed by atoms with Crippen molar-refractivity contribution in [1.82, 2.24) is 0 Å². The van der Waals surface area contributed by atoms with Gasteiger partial charge in [-0.05, 0) is 50.5 Å². The molecule has 6 nitrogen and oxygen atoms in total. The largest absolute Gasteiger partial charge is 0.469 e. The number of ether oxygens (including phenoxy) is 3. The quantitative estimate of drug-likeness (QED) is 0.0748. The Morgan fingerprint density at radius 1 is 0.886 bits per heavy atom. The van der Waals surface area contributed by atoms with Crippen LogP contribution in [-0.4, -0.2) is 37.2 Å². The average molecular weight is 491 g/mol. The predicted octanol–water partition coefficient (Wildman–Crippen LogP) is 6.64. The summed E-state index contributed by atoms with van der Waals surface area (Å²) in [5.74, 6) is -0.441. The van der Waals surface area contributed by atoms with Gasteiger partial charge in [-0.2, -0.15) is 0 Å². The van der Waals surface area contributed by atoms with Crippen molar-refractivity contribution in [2.45, 2.75) is 110 Å². The Morgan fingerprint density at radius 2 is 1.57 bits per heavy atom. The third kappa shape index (κ3) is 14.6. The van der Waals surface area contributed by atoms with E-state index in [0.717, 1.165) is 32.1 Å². The fourth-order valence-electron chi connectivity index (χ4n) is 4.56. The van der Waals surface area contributed by atoms with Gasteiger partial charge in [0.05, 0.1) is 7.11 Å². The molecule has 4 atom stereocenters. The molecule has 1 aliphatic carbocycles. The van der Waals surface area contributed by atoms with Crippen molar-refractivity contribution in [3.63, 3.8) is 0 Å². The highest BCUT2D eigenvalue weighted by Crippen LogP contribution is 2.33. The van der Waals surface area contributed by atoms with Gasteiger partial charge in [0, 0.05) is 26.2 Å². The van der Waals surface area contributed by atoms with E-state index < -0.39 is 0 Å². The summed E-state index contributed by atoms with van der Waals surface area (Å²) in [6, 6.07) is 0. The number of methoxy groups -OCH3 is 1. The first-order valence-electron chi connectivity index (χ1n) is 13.3. The molecule has 1 rings (SSSR count). The Kier molecular flexibility index (Phi) is 16.6. The fraction of sp³-hybridized carbons (Fsp3) is 0.690. The molecule has 0 heterocycles. The molecule has 0 aromatic carbocycles. The zero-order valence-corrected chi connectivity index (χ0v) is 22.2. The second-order valence-corrected chi connectivity index (χ2v) is 9.36. The molecule has 0 aliphatic heterocycles. The van der Waals surface area contributed by atoms with Gasteiger partial charge in [0.1, 0.15) is 12.2 Å². The van der Waals surface area contributed by atoms with E-state index in [2.05, 4.69) is 25.2 Å². The van der Waals surface area contributed by atoms with Crippen LogP contribution in [0.2, 0.25) is 0 Å². The molecule has 0 N–H and O–H groups in total.